The largest absolute Gasteiger partial charge is 0.393 e. The van der Waals surface area contributed by atoms with Crippen molar-refractivity contribution in [3.05, 3.63) is 52.4 Å². The van der Waals surface area contributed by atoms with Crippen molar-refractivity contribution in [1.29, 1.82) is 0 Å². The van der Waals surface area contributed by atoms with Crippen LogP contribution in [0.4, 0.5) is 5.82 Å². The van der Waals surface area contributed by atoms with E-state index in [0.29, 0.717) is 44.2 Å². The van der Waals surface area contributed by atoms with E-state index >= 15 is 0 Å². The highest BCUT2D eigenvalue weighted by Crippen LogP contribution is 2.42. The van der Waals surface area contributed by atoms with Gasteiger partial charge in [-0.2, -0.15) is 0 Å². The Morgan fingerprint density at radius 1 is 1.06 bits per heavy atom. The molecule has 3 heterocycles. The molecule has 2 N–H and O–H groups in total. The second-order valence-electron chi connectivity index (χ2n) is 10.1. The van der Waals surface area contributed by atoms with Crippen molar-refractivity contribution in [3.8, 4) is 0 Å². The lowest BCUT2D eigenvalue weighted by Crippen LogP contribution is -2.52. The van der Waals surface area contributed by atoms with Crippen molar-refractivity contribution in [2.75, 3.05) is 50.7 Å². The maximum absolute atomic E-state index is 13.8. The summed E-state index contributed by atoms with van der Waals surface area (Å²) >= 11 is 6.12. The molecule has 1 aromatic carbocycles. The van der Waals surface area contributed by atoms with Crippen molar-refractivity contribution in [2.24, 2.45) is 0 Å². The molecule has 2 aromatic rings. The van der Waals surface area contributed by atoms with Gasteiger partial charge >= 0.3 is 0 Å². The summed E-state index contributed by atoms with van der Waals surface area (Å²) in [6.45, 7) is 6.99. The minimum absolute atomic E-state index is 0.134. The van der Waals surface area contributed by atoms with Crippen LogP contribution in [0.2, 0.25) is 5.02 Å². The summed E-state index contributed by atoms with van der Waals surface area (Å²) in [6, 6.07) is 7.61. The van der Waals surface area contributed by atoms with E-state index in [9.17, 15) is 15.0 Å². The highest BCUT2D eigenvalue weighted by molar-refractivity contribution is 6.30. The van der Waals surface area contributed by atoms with Gasteiger partial charge in [-0.25, -0.2) is 9.97 Å². The number of likely N-dealkylation sites (tertiary alicyclic amines) is 1. The number of amides is 1. The number of rotatable bonds is 5. The van der Waals surface area contributed by atoms with E-state index in [1.807, 2.05) is 29.2 Å². The number of hydrogen-bond donors (Lipinski definition) is 2. The summed E-state index contributed by atoms with van der Waals surface area (Å²) < 4.78 is 0. The number of nitrogens with zero attached hydrogens (tertiary/aromatic N) is 5. The van der Waals surface area contributed by atoms with Gasteiger partial charge in [0, 0.05) is 56.4 Å². The third-order valence-corrected chi connectivity index (χ3v) is 7.99. The summed E-state index contributed by atoms with van der Waals surface area (Å²) in [5.41, 5.74) is 2.77. The van der Waals surface area contributed by atoms with Crippen LogP contribution in [0.15, 0.2) is 30.6 Å². The maximum atomic E-state index is 13.8. The lowest BCUT2D eigenvalue weighted by Gasteiger charge is -2.39. The van der Waals surface area contributed by atoms with Crippen LogP contribution in [0.25, 0.3) is 0 Å². The summed E-state index contributed by atoms with van der Waals surface area (Å²) in [4.78, 5) is 29.2. The number of piperazine rings is 1. The molecule has 2 aliphatic heterocycles. The molecule has 1 aromatic heterocycles. The zero-order chi connectivity index (χ0) is 24.5. The van der Waals surface area contributed by atoms with Gasteiger partial charge in [-0.1, -0.05) is 30.7 Å². The van der Waals surface area contributed by atoms with Crippen molar-refractivity contribution < 1.29 is 15.0 Å². The molecule has 0 saturated carbocycles. The van der Waals surface area contributed by atoms with Gasteiger partial charge in [-0.3, -0.25) is 4.79 Å². The molecular weight excluding hydrogens is 466 g/mol. The number of carbonyl (C=O) groups is 1. The zero-order valence-electron chi connectivity index (χ0n) is 20.2. The quantitative estimate of drug-likeness (QED) is 0.653. The Morgan fingerprint density at radius 3 is 2.43 bits per heavy atom. The molecule has 1 amide bonds. The number of piperidine rings is 1. The number of carbonyl (C=O) groups excluding carboxylic acids is 1. The van der Waals surface area contributed by atoms with Crippen molar-refractivity contribution >= 4 is 23.3 Å². The molecule has 35 heavy (non-hydrogen) atoms. The molecule has 3 aliphatic rings. The smallest absolute Gasteiger partial charge is 0.231 e. The Labute approximate surface area is 211 Å². The highest BCUT2D eigenvalue weighted by Gasteiger charge is 2.35. The maximum Gasteiger partial charge on any atom is 0.231 e. The Hall–Kier alpha value is -2.26. The van der Waals surface area contributed by atoms with Crippen LogP contribution in [0, 0.1) is 0 Å². The Bertz CT molecular complexity index is 1040. The number of fused-ring (bicyclic) bond motifs is 1. The van der Waals surface area contributed by atoms with Crippen LogP contribution < -0.4 is 4.90 Å². The highest BCUT2D eigenvalue weighted by atomic mass is 35.5. The third-order valence-electron chi connectivity index (χ3n) is 7.74. The Balaban J connectivity index is 1.29. The minimum Gasteiger partial charge on any atom is -0.393 e. The molecule has 0 radical (unpaired) electrons. The standard InChI is InChI=1S/C26H34ClN5O3/c1-17-14-22(34)24-23(17)25(29-16-28-24)31-10-12-32(13-11-31)26(35)21(18-2-4-19(27)5-3-18)15-30-8-6-20(33)7-9-30/h2-5,16-17,20-22,33-34H,6-15H2,1H3/t17-,21-,22-/m1/s1. The van der Waals surface area contributed by atoms with Gasteiger partial charge < -0.3 is 24.9 Å². The first-order chi connectivity index (χ1) is 16.9. The molecule has 3 atom stereocenters. The molecule has 1 aliphatic carbocycles. The lowest BCUT2D eigenvalue weighted by molar-refractivity contribution is -0.133. The number of aromatic nitrogens is 2. The third kappa shape index (κ3) is 5.16. The monoisotopic (exact) mass is 499 g/mol. The molecule has 0 unspecified atom stereocenters. The fraction of sp³-hybridized carbons (Fsp3) is 0.577. The average Bonchev–Trinajstić information content (AvgIpc) is 3.17. The first-order valence-corrected chi connectivity index (χ1v) is 13.0. The molecule has 2 saturated heterocycles. The van der Waals surface area contributed by atoms with Crippen molar-refractivity contribution in [3.63, 3.8) is 0 Å². The van der Waals surface area contributed by atoms with Crippen LogP contribution in [-0.4, -0.2) is 87.8 Å². The number of anilines is 1. The summed E-state index contributed by atoms with van der Waals surface area (Å²) in [7, 11) is 0. The van der Waals surface area contributed by atoms with E-state index in [1.165, 1.54) is 0 Å². The molecule has 0 bridgehead atoms. The zero-order valence-corrected chi connectivity index (χ0v) is 20.9. The number of aliphatic hydroxyl groups excluding tert-OH is 2. The van der Waals surface area contributed by atoms with E-state index in [4.69, 9.17) is 11.6 Å². The van der Waals surface area contributed by atoms with Crippen molar-refractivity contribution in [1.82, 2.24) is 19.8 Å². The fourth-order valence-electron chi connectivity index (χ4n) is 5.69. The second kappa shape index (κ2) is 10.4. The molecule has 0 spiro atoms. The average molecular weight is 500 g/mol. The second-order valence-corrected chi connectivity index (χ2v) is 10.5. The van der Waals surface area contributed by atoms with Crippen LogP contribution in [0.5, 0.6) is 0 Å². The number of aliphatic hydroxyl groups is 2. The van der Waals surface area contributed by atoms with Gasteiger partial charge in [0.1, 0.15) is 12.1 Å². The summed E-state index contributed by atoms with van der Waals surface area (Å²) in [6.07, 6.45) is 2.94. The first-order valence-electron chi connectivity index (χ1n) is 12.6. The number of benzene rings is 1. The number of hydrogen-bond acceptors (Lipinski definition) is 7. The van der Waals surface area contributed by atoms with Crippen LogP contribution >= 0.6 is 11.6 Å². The van der Waals surface area contributed by atoms with Crippen LogP contribution in [-0.2, 0) is 4.79 Å². The Morgan fingerprint density at radius 2 is 1.74 bits per heavy atom. The predicted octanol–water partition coefficient (Wildman–Crippen LogP) is 2.56. The molecule has 2 fully saturated rings. The van der Waals surface area contributed by atoms with E-state index in [2.05, 4.69) is 26.7 Å². The molecule has 8 nitrogen and oxygen atoms in total. The van der Waals surface area contributed by atoms with Crippen LogP contribution in [0.1, 0.15) is 60.9 Å². The minimum atomic E-state index is -0.527. The van der Waals surface area contributed by atoms with E-state index in [1.54, 1.807) is 6.33 Å². The van der Waals surface area contributed by atoms with Gasteiger partial charge in [0.25, 0.3) is 0 Å². The summed E-state index contributed by atoms with van der Waals surface area (Å²) in [5.74, 6) is 0.975. The fourth-order valence-corrected chi connectivity index (χ4v) is 5.82. The SMILES string of the molecule is C[C@@H]1C[C@@H](O)c2ncnc(N3CCN(C(=O)[C@H](CN4CCC(O)CC4)c4ccc(Cl)cc4)CC3)c21. The topological polar surface area (TPSA) is 93.0 Å². The van der Waals surface area contributed by atoms with Crippen molar-refractivity contribution in [2.45, 2.75) is 50.2 Å². The lowest BCUT2D eigenvalue weighted by atomic mass is 9.95. The van der Waals surface area contributed by atoms with E-state index in [-0.39, 0.29) is 23.8 Å². The summed E-state index contributed by atoms with van der Waals surface area (Å²) in [5, 5.41) is 20.9. The van der Waals surface area contributed by atoms with E-state index in [0.717, 1.165) is 48.6 Å². The normalized spacial score (nSPS) is 24.5. The van der Waals surface area contributed by atoms with E-state index < -0.39 is 6.10 Å². The Kier molecular flexibility index (Phi) is 7.25. The van der Waals surface area contributed by atoms with Gasteiger partial charge in [0.05, 0.1) is 23.8 Å². The van der Waals surface area contributed by atoms with Gasteiger partial charge in [0.15, 0.2) is 0 Å². The molecule has 9 heteroatoms. The first kappa shape index (κ1) is 24.4. The molecule has 5 rings (SSSR count). The van der Waals surface area contributed by atoms with Gasteiger partial charge in [-0.05, 0) is 42.9 Å². The van der Waals surface area contributed by atoms with Gasteiger partial charge in [-0.15, -0.1) is 0 Å². The van der Waals surface area contributed by atoms with Crippen LogP contribution in [0.3, 0.4) is 0 Å². The molecular formula is C26H34ClN5O3. The number of halogens is 1. The molecule has 188 valence electrons. The van der Waals surface area contributed by atoms with Gasteiger partial charge in [0.2, 0.25) is 5.91 Å². The predicted molar refractivity (Wildman–Crippen MR) is 135 cm³/mol.